The second kappa shape index (κ2) is 11.3. The minimum absolute atomic E-state index is 0.137. The van der Waals surface area contributed by atoms with Crippen LogP contribution in [-0.4, -0.2) is 50.8 Å². The van der Waals surface area contributed by atoms with Crippen molar-refractivity contribution in [2.24, 2.45) is 11.1 Å². The van der Waals surface area contributed by atoms with E-state index >= 15 is 0 Å². The van der Waals surface area contributed by atoms with Gasteiger partial charge in [0.1, 0.15) is 16.5 Å². The summed E-state index contributed by atoms with van der Waals surface area (Å²) in [5, 5.41) is 6.12. The molecule has 2 aromatic rings. The molecule has 0 saturated carbocycles. The van der Waals surface area contributed by atoms with Crippen LogP contribution in [-0.2, 0) is 30.2 Å². The second-order valence-electron chi connectivity index (χ2n) is 7.93. The van der Waals surface area contributed by atoms with E-state index < -0.39 is 29.4 Å². The fourth-order valence-corrected chi connectivity index (χ4v) is 5.79. The van der Waals surface area contributed by atoms with Crippen molar-refractivity contribution in [3.8, 4) is 0 Å². The summed E-state index contributed by atoms with van der Waals surface area (Å²) in [5.74, 6) is -1.91. The van der Waals surface area contributed by atoms with Crippen molar-refractivity contribution < 1.29 is 23.8 Å². The summed E-state index contributed by atoms with van der Waals surface area (Å²) in [7, 11) is 2.82. The van der Waals surface area contributed by atoms with Gasteiger partial charge in [-0.05, 0) is 32.0 Å². The molecule has 0 radical (unpaired) electrons. The first-order valence-electron chi connectivity index (χ1n) is 11.0. The fourth-order valence-electron chi connectivity index (χ4n) is 4.52. The third kappa shape index (κ3) is 4.70. The standard InChI is InChI=1S/C24H30ClN3O5S/c1-5-33-23(30)24(20(31-3)21-28-15(10-11-26)12-34-21)13-27-14(2)18(22(29)32-4)19(24)16-8-6-7-9-17(16)25/h6-9,12,19-20,27H,5,10-11,13,26H2,1-4H3. The molecule has 0 amide bonds. The molecule has 1 aliphatic rings. The van der Waals surface area contributed by atoms with E-state index in [-0.39, 0.29) is 18.7 Å². The van der Waals surface area contributed by atoms with Crippen molar-refractivity contribution in [3.05, 3.63) is 62.2 Å². The number of nitrogens with one attached hydrogen (secondary N) is 1. The Hall–Kier alpha value is -2.46. The number of halogens is 1. The van der Waals surface area contributed by atoms with Crippen molar-refractivity contribution in [1.29, 1.82) is 0 Å². The Balaban J connectivity index is 2.34. The van der Waals surface area contributed by atoms with E-state index in [1.54, 1.807) is 32.0 Å². The maximum atomic E-state index is 13.9. The van der Waals surface area contributed by atoms with E-state index in [0.29, 0.717) is 34.3 Å². The van der Waals surface area contributed by atoms with Gasteiger partial charge in [-0.25, -0.2) is 9.78 Å². The van der Waals surface area contributed by atoms with E-state index in [4.69, 9.17) is 36.5 Å². The molecule has 1 aromatic carbocycles. The topological polar surface area (TPSA) is 113 Å². The van der Waals surface area contributed by atoms with Crippen molar-refractivity contribution in [1.82, 2.24) is 10.3 Å². The van der Waals surface area contributed by atoms with Crippen LogP contribution in [0.2, 0.25) is 5.02 Å². The zero-order valence-corrected chi connectivity index (χ0v) is 21.3. The fraction of sp³-hybridized carbons (Fsp3) is 0.458. The van der Waals surface area contributed by atoms with Gasteiger partial charge in [-0.15, -0.1) is 11.3 Å². The van der Waals surface area contributed by atoms with Gasteiger partial charge in [-0.3, -0.25) is 4.79 Å². The minimum atomic E-state index is -1.41. The number of carbonyl (C=O) groups is 2. The molecule has 184 valence electrons. The lowest BCUT2D eigenvalue weighted by Crippen LogP contribution is -2.55. The van der Waals surface area contributed by atoms with E-state index in [1.165, 1.54) is 25.6 Å². The number of nitrogens with zero attached hydrogens (tertiary/aromatic N) is 1. The minimum Gasteiger partial charge on any atom is -0.466 e. The van der Waals surface area contributed by atoms with Gasteiger partial charge < -0.3 is 25.3 Å². The summed E-state index contributed by atoms with van der Waals surface area (Å²) in [6.45, 7) is 4.24. The highest BCUT2D eigenvalue weighted by Crippen LogP contribution is 2.55. The number of thiazole rings is 1. The van der Waals surface area contributed by atoms with Crippen LogP contribution in [0.4, 0.5) is 0 Å². The third-order valence-corrected chi connectivity index (χ3v) is 7.31. The smallest absolute Gasteiger partial charge is 0.336 e. The summed E-state index contributed by atoms with van der Waals surface area (Å²) in [6, 6.07) is 7.13. The molecule has 1 aromatic heterocycles. The predicted molar refractivity (Wildman–Crippen MR) is 131 cm³/mol. The summed E-state index contributed by atoms with van der Waals surface area (Å²) < 4.78 is 16.7. The van der Waals surface area contributed by atoms with Crippen LogP contribution >= 0.6 is 22.9 Å². The molecule has 10 heteroatoms. The van der Waals surface area contributed by atoms with Crippen LogP contribution < -0.4 is 11.1 Å². The summed E-state index contributed by atoms with van der Waals surface area (Å²) in [6.07, 6.45) is -0.248. The first kappa shape index (κ1) is 26.2. The zero-order chi connectivity index (χ0) is 24.9. The number of hydrogen-bond donors (Lipinski definition) is 2. The second-order valence-corrected chi connectivity index (χ2v) is 9.23. The Kier molecular flexibility index (Phi) is 8.70. The van der Waals surface area contributed by atoms with E-state index in [1.807, 2.05) is 11.4 Å². The number of benzene rings is 1. The molecule has 1 aliphatic heterocycles. The molecule has 8 nitrogen and oxygen atoms in total. The Morgan fingerprint density at radius 1 is 1.35 bits per heavy atom. The van der Waals surface area contributed by atoms with E-state index in [2.05, 4.69) is 5.32 Å². The van der Waals surface area contributed by atoms with Gasteiger partial charge >= 0.3 is 11.9 Å². The molecule has 3 rings (SSSR count). The molecule has 0 aliphatic carbocycles. The van der Waals surface area contributed by atoms with E-state index in [0.717, 1.165) is 5.69 Å². The number of carbonyl (C=O) groups excluding carboxylic acids is 2. The monoisotopic (exact) mass is 507 g/mol. The predicted octanol–water partition coefficient (Wildman–Crippen LogP) is 3.37. The average Bonchev–Trinajstić information content (AvgIpc) is 3.28. The number of allylic oxidation sites excluding steroid dienone is 1. The number of ether oxygens (including phenoxy) is 3. The van der Waals surface area contributed by atoms with Crippen LogP contribution in [0.15, 0.2) is 40.9 Å². The molecular formula is C24H30ClN3O5S. The number of esters is 2. The van der Waals surface area contributed by atoms with Crippen LogP contribution in [0.25, 0.3) is 0 Å². The van der Waals surface area contributed by atoms with Crippen LogP contribution in [0, 0.1) is 5.41 Å². The van der Waals surface area contributed by atoms with Gasteiger partial charge in [-0.2, -0.15) is 0 Å². The molecule has 0 bridgehead atoms. The largest absolute Gasteiger partial charge is 0.466 e. The molecule has 3 unspecified atom stereocenters. The highest BCUT2D eigenvalue weighted by molar-refractivity contribution is 7.09. The summed E-state index contributed by atoms with van der Waals surface area (Å²) >= 11 is 8.03. The number of rotatable bonds is 9. The molecule has 3 N–H and O–H groups in total. The molecule has 0 spiro atoms. The molecule has 0 fully saturated rings. The number of nitrogens with two attached hydrogens (primary N) is 1. The SMILES string of the molecule is CCOC(=O)C1(C(OC)c2nc(CCN)cs2)CNC(C)=C(C(=O)OC)C1c1ccccc1Cl. The van der Waals surface area contributed by atoms with Crippen LogP contribution in [0.1, 0.15) is 42.1 Å². The molecule has 34 heavy (non-hydrogen) atoms. The molecule has 0 saturated heterocycles. The van der Waals surface area contributed by atoms with E-state index in [9.17, 15) is 9.59 Å². The number of methoxy groups -OCH3 is 2. The summed E-state index contributed by atoms with van der Waals surface area (Å²) in [5.41, 5.74) is 6.59. The van der Waals surface area contributed by atoms with Gasteiger partial charge in [0.15, 0.2) is 0 Å². The van der Waals surface area contributed by atoms with Gasteiger partial charge in [0.25, 0.3) is 0 Å². The Labute approximate surface area is 208 Å². The molecule has 3 atom stereocenters. The highest BCUT2D eigenvalue weighted by atomic mass is 35.5. The quantitative estimate of drug-likeness (QED) is 0.497. The number of aromatic nitrogens is 1. The van der Waals surface area contributed by atoms with Crippen molar-refractivity contribution in [3.63, 3.8) is 0 Å². The lowest BCUT2D eigenvalue weighted by molar-refractivity contribution is -0.168. The molecule has 2 heterocycles. The first-order valence-corrected chi connectivity index (χ1v) is 12.2. The number of hydrogen-bond acceptors (Lipinski definition) is 9. The lowest BCUT2D eigenvalue weighted by atomic mass is 9.62. The first-order chi connectivity index (χ1) is 16.3. The van der Waals surface area contributed by atoms with Gasteiger partial charge in [-0.1, -0.05) is 29.8 Å². The maximum absolute atomic E-state index is 13.9. The van der Waals surface area contributed by atoms with Crippen molar-refractivity contribution >= 4 is 34.9 Å². The lowest BCUT2D eigenvalue weighted by Gasteiger charge is -2.46. The average molecular weight is 508 g/mol. The highest BCUT2D eigenvalue weighted by Gasteiger charge is 2.60. The van der Waals surface area contributed by atoms with Crippen LogP contribution in [0.3, 0.4) is 0 Å². The van der Waals surface area contributed by atoms with Crippen LogP contribution in [0.5, 0.6) is 0 Å². The van der Waals surface area contributed by atoms with Gasteiger partial charge in [0.2, 0.25) is 0 Å². The maximum Gasteiger partial charge on any atom is 0.336 e. The van der Waals surface area contributed by atoms with Crippen molar-refractivity contribution in [2.75, 3.05) is 33.9 Å². The zero-order valence-electron chi connectivity index (χ0n) is 19.7. The summed E-state index contributed by atoms with van der Waals surface area (Å²) in [4.78, 5) is 31.7. The van der Waals surface area contributed by atoms with Gasteiger partial charge in [0, 0.05) is 42.1 Å². The Morgan fingerprint density at radius 2 is 2.09 bits per heavy atom. The van der Waals surface area contributed by atoms with Gasteiger partial charge in [0.05, 0.1) is 25.0 Å². The third-order valence-electron chi connectivity index (χ3n) is 6.03. The Morgan fingerprint density at radius 3 is 2.71 bits per heavy atom. The van der Waals surface area contributed by atoms with Crippen molar-refractivity contribution in [2.45, 2.75) is 32.3 Å². The normalized spacial score (nSPS) is 21.1. The Bertz CT molecular complexity index is 1070. The molecular weight excluding hydrogens is 478 g/mol.